The standard InChI is InChI=1S/C19H21N3O5/c1-12(2)9-15(24)27-11-14(23)16-17(20)22(19(26)21(3)18(16)25)10-13-7-5-4-6-8-13/h4-9H,10-11,20H2,1-3H3. The van der Waals surface area contributed by atoms with Crippen LogP contribution in [0.4, 0.5) is 5.82 Å². The molecule has 1 aromatic carbocycles. The van der Waals surface area contributed by atoms with E-state index in [0.717, 1.165) is 14.7 Å². The van der Waals surface area contributed by atoms with Crippen molar-refractivity contribution in [2.24, 2.45) is 7.05 Å². The first-order chi connectivity index (χ1) is 12.7. The summed E-state index contributed by atoms with van der Waals surface area (Å²) in [5.74, 6) is -1.73. The molecular weight excluding hydrogens is 350 g/mol. The maximum absolute atomic E-state index is 12.4. The molecule has 0 aliphatic carbocycles. The summed E-state index contributed by atoms with van der Waals surface area (Å²) in [4.78, 5) is 48.8. The van der Waals surface area contributed by atoms with Gasteiger partial charge in [-0.2, -0.15) is 0 Å². The highest BCUT2D eigenvalue weighted by Crippen LogP contribution is 2.09. The van der Waals surface area contributed by atoms with E-state index >= 15 is 0 Å². The van der Waals surface area contributed by atoms with Crippen LogP contribution in [-0.2, 0) is 23.1 Å². The fourth-order valence-corrected chi connectivity index (χ4v) is 2.45. The van der Waals surface area contributed by atoms with Crippen LogP contribution in [0.1, 0.15) is 29.8 Å². The van der Waals surface area contributed by atoms with Gasteiger partial charge in [0.25, 0.3) is 5.56 Å². The third-order valence-corrected chi connectivity index (χ3v) is 3.80. The molecule has 0 saturated heterocycles. The Balaban J connectivity index is 2.40. The number of hydrogen-bond acceptors (Lipinski definition) is 6. The Bertz CT molecular complexity index is 1010. The zero-order chi connectivity index (χ0) is 20.1. The highest BCUT2D eigenvalue weighted by atomic mass is 16.5. The molecule has 0 amide bonds. The van der Waals surface area contributed by atoms with E-state index in [0.29, 0.717) is 5.57 Å². The minimum atomic E-state index is -0.829. The third kappa shape index (κ3) is 4.60. The normalized spacial score (nSPS) is 10.3. The lowest BCUT2D eigenvalue weighted by Crippen LogP contribution is -2.43. The molecule has 0 saturated carbocycles. The molecule has 0 atom stereocenters. The molecule has 142 valence electrons. The van der Waals surface area contributed by atoms with E-state index in [1.807, 2.05) is 6.07 Å². The Morgan fingerprint density at radius 3 is 2.37 bits per heavy atom. The van der Waals surface area contributed by atoms with Crippen molar-refractivity contribution in [3.05, 3.63) is 73.9 Å². The van der Waals surface area contributed by atoms with Crippen LogP contribution in [0.3, 0.4) is 0 Å². The van der Waals surface area contributed by atoms with Crippen LogP contribution >= 0.6 is 0 Å². The van der Waals surface area contributed by atoms with Crippen LogP contribution in [0.25, 0.3) is 0 Å². The number of rotatable bonds is 6. The van der Waals surface area contributed by atoms with E-state index in [9.17, 15) is 19.2 Å². The summed E-state index contributed by atoms with van der Waals surface area (Å²) in [7, 11) is 1.26. The van der Waals surface area contributed by atoms with E-state index in [1.54, 1.807) is 38.1 Å². The van der Waals surface area contributed by atoms with Gasteiger partial charge in [-0.25, -0.2) is 9.59 Å². The largest absolute Gasteiger partial charge is 0.454 e. The molecule has 2 aromatic rings. The fourth-order valence-electron chi connectivity index (χ4n) is 2.45. The number of aromatic nitrogens is 2. The molecule has 8 nitrogen and oxygen atoms in total. The topological polar surface area (TPSA) is 113 Å². The van der Waals surface area contributed by atoms with Crippen LogP contribution in [-0.4, -0.2) is 27.5 Å². The number of carbonyl (C=O) groups is 2. The molecule has 0 aliphatic rings. The Labute approximate surface area is 155 Å². The van der Waals surface area contributed by atoms with Crippen molar-refractivity contribution in [2.45, 2.75) is 20.4 Å². The van der Waals surface area contributed by atoms with Gasteiger partial charge in [0.2, 0.25) is 5.78 Å². The molecular formula is C19H21N3O5. The third-order valence-electron chi connectivity index (χ3n) is 3.80. The second-order valence-corrected chi connectivity index (χ2v) is 6.23. The quantitative estimate of drug-likeness (QED) is 0.458. The number of nitrogen functional groups attached to an aromatic ring is 1. The summed E-state index contributed by atoms with van der Waals surface area (Å²) in [5.41, 5.74) is 5.61. The lowest BCUT2D eigenvalue weighted by atomic mass is 10.2. The summed E-state index contributed by atoms with van der Waals surface area (Å²) >= 11 is 0. The molecule has 0 aliphatic heterocycles. The van der Waals surface area contributed by atoms with Gasteiger partial charge in [-0.3, -0.25) is 18.7 Å². The molecule has 0 radical (unpaired) electrons. The van der Waals surface area contributed by atoms with Crippen molar-refractivity contribution < 1.29 is 14.3 Å². The molecule has 0 fully saturated rings. The van der Waals surface area contributed by atoms with Gasteiger partial charge in [0.1, 0.15) is 11.4 Å². The van der Waals surface area contributed by atoms with Crippen molar-refractivity contribution in [3.63, 3.8) is 0 Å². The molecule has 8 heteroatoms. The predicted octanol–water partition coefficient (Wildman–Crippen LogP) is 0.870. The maximum Gasteiger partial charge on any atom is 0.332 e. The summed E-state index contributed by atoms with van der Waals surface area (Å²) in [6.07, 6.45) is 1.23. The van der Waals surface area contributed by atoms with Gasteiger partial charge in [0.15, 0.2) is 6.61 Å². The first kappa shape index (κ1) is 19.9. The summed E-state index contributed by atoms with van der Waals surface area (Å²) in [5, 5.41) is 0. The number of allylic oxidation sites excluding steroid dienone is 1. The zero-order valence-electron chi connectivity index (χ0n) is 15.4. The lowest BCUT2D eigenvalue weighted by molar-refractivity contribution is -0.136. The monoisotopic (exact) mass is 371 g/mol. The SMILES string of the molecule is CC(C)=CC(=O)OCC(=O)c1c(N)n(Cc2ccccc2)c(=O)n(C)c1=O. The van der Waals surface area contributed by atoms with Gasteiger partial charge < -0.3 is 10.5 Å². The highest BCUT2D eigenvalue weighted by Gasteiger charge is 2.22. The summed E-state index contributed by atoms with van der Waals surface area (Å²) in [6.45, 7) is 2.86. The van der Waals surface area contributed by atoms with Crippen LogP contribution in [0.15, 0.2) is 51.6 Å². The number of Topliss-reactive ketones (excluding diaryl/α,β-unsaturated/α-hetero) is 1. The van der Waals surface area contributed by atoms with Crippen LogP contribution in [0.5, 0.6) is 0 Å². The van der Waals surface area contributed by atoms with E-state index < -0.39 is 29.6 Å². The maximum atomic E-state index is 12.4. The Morgan fingerprint density at radius 2 is 1.78 bits per heavy atom. The van der Waals surface area contributed by atoms with E-state index in [2.05, 4.69) is 0 Å². The van der Waals surface area contributed by atoms with Crippen molar-refractivity contribution in [1.82, 2.24) is 9.13 Å². The minimum absolute atomic E-state index is 0.0947. The van der Waals surface area contributed by atoms with Gasteiger partial charge in [-0.05, 0) is 19.4 Å². The van der Waals surface area contributed by atoms with Crippen molar-refractivity contribution in [2.75, 3.05) is 12.3 Å². The van der Waals surface area contributed by atoms with Gasteiger partial charge >= 0.3 is 11.7 Å². The Kier molecular flexibility index (Phi) is 6.12. The van der Waals surface area contributed by atoms with Crippen LogP contribution < -0.4 is 17.0 Å². The van der Waals surface area contributed by atoms with Crippen molar-refractivity contribution in [3.8, 4) is 0 Å². The van der Waals surface area contributed by atoms with E-state index in [-0.39, 0.29) is 17.9 Å². The number of hydrogen-bond donors (Lipinski definition) is 1. The van der Waals surface area contributed by atoms with Crippen molar-refractivity contribution >= 4 is 17.6 Å². The molecule has 0 unspecified atom stereocenters. The first-order valence-corrected chi connectivity index (χ1v) is 8.20. The number of nitrogens with zero attached hydrogens (tertiary/aromatic N) is 2. The fraction of sp³-hybridized carbons (Fsp3) is 0.263. The number of benzene rings is 1. The molecule has 1 heterocycles. The van der Waals surface area contributed by atoms with Gasteiger partial charge in [-0.15, -0.1) is 0 Å². The van der Waals surface area contributed by atoms with Crippen molar-refractivity contribution in [1.29, 1.82) is 0 Å². The summed E-state index contributed by atoms with van der Waals surface area (Å²) in [6, 6.07) is 9.01. The Morgan fingerprint density at radius 1 is 1.15 bits per heavy atom. The lowest BCUT2D eigenvalue weighted by Gasteiger charge is -2.14. The molecule has 0 spiro atoms. The molecule has 2 N–H and O–H groups in total. The molecule has 2 rings (SSSR count). The number of nitrogens with two attached hydrogens (primary N) is 1. The smallest absolute Gasteiger partial charge is 0.332 e. The molecule has 1 aromatic heterocycles. The average molecular weight is 371 g/mol. The molecule has 0 bridgehead atoms. The number of esters is 1. The number of ketones is 1. The molecule has 27 heavy (non-hydrogen) atoms. The van der Waals surface area contributed by atoms with E-state index in [4.69, 9.17) is 10.5 Å². The zero-order valence-corrected chi connectivity index (χ0v) is 15.4. The minimum Gasteiger partial charge on any atom is -0.454 e. The van der Waals surface area contributed by atoms with E-state index in [1.165, 1.54) is 13.1 Å². The number of anilines is 1. The van der Waals surface area contributed by atoms with Gasteiger partial charge in [0.05, 0.1) is 6.54 Å². The highest BCUT2D eigenvalue weighted by molar-refractivity contribution is 6.01. The second kappa shape index (κ2) is 8.31. The van der Waals surface area contributed by atoms with Crippen LogP contribution in [0, 0.1) is 0 Å². The average Bonchev–Trinajstić information content (AvgIpc) is 2.62. The van der Waals surface area contributed by atoms with Gasteiger partial charge in [-0.1, -0.05) is 35.9 Å². The van der Waals surface area contributed by atoms with Gasteiger partial charge in [0, 0.05) is 13.1 Å². The second-order valence-electron chi connectivity index (χ2n) is 6.23. The number of carbonyl (C=O) groups excluding carboxylic acids is 2. The number of ether oxygens (including phenoxy) is 1. The van der Waals surface area contributed by atoms with Crippen LogP contribution in [0.2, 0.25) is 0 Å². The summed E-state index contributed by atoms with van der Waals surface area (Å²) < 4.78 is 6.80. The first-order valence-electron chi connectivity index (χ1n) is 8.20. The predicted molar refractivity (Wildman–Crippen MR) is 101 cm³/mol. The Hall–Kier alpha value is -3.42.